The summed E-state index contributed by atoms with van der Waals surface area (Å²) in [5.41, 5.74) is 6.11. The van der Waals surface area contributed by atoms with Crippen molar-refractivity contribution < 1.29 is 8.42 Å². The normalized spacial score (nSPS) is 11.6. The van der Waals surface area contributed by atoms with Crippen LogP contribution in [0.15, 0.2) is 23.5 Å². The van der Waals surface area contributed by atoms with Gasteiger partial charge >= 0.3 is 0 Å². The largest absolute Gasteiger partial charge is 0.326 e. The summed E-state index contributed by atoms with van der Waals surface area (Å²) in [6, 6.07) is 1.36. The average molecular weight is 256 g/mol. The van der Waals surface area contributed by atoms with Gasteiger partial charge in [-0.1, -0.05) is 0 Å². The van der Waals surface area contributed by atoms with E-state index in [-0.39, 0.29) is 11.6 Å². The lowest BCUT2D eigenvalue weighted by molar-refractivity contribution is 0.596. The lowest BCUT2D eigenvalue weighted by Crippen LogP contribution is -2.17. The Balaban J connectivity index is 2.36. The van der Waals surface area contributed by atoms with E-state index in [1.165, 1.54) is 23.1 Å². The van der Waals surface area contributed by atoms with Gasteiger partial charge in [-0.15, -0.1) is 0 Å². The summed E-state index contributed by atoms with van der Waals surface area (Å²) < 4.78 is 27.7. The van der Waals surface area contributed by atoms with Crippen LogP contribution in [0.4, 0.5) is 5.82 Å². The second-order valence-corrected chi connectivity index (χ2v) is 5.02. The van der Waals surface area contributed by atoms with Crippen molar-refractivity contribution in [3.05, 3.63) is 24.0 Å². The number of aromatic nitrogens is 4. The molecule has 0 aliphatic heterocycles. The molecule has 8 nitrogen and oxygen atoms in total. The molecule has 2 heterocycles. The zero-order chi connectivity index (χ0) is 12.5. The van der Waals surface area contributed by atoms with Crippen LogP contribution in [-0.4, -0.2) is 28.4 Å². The molecule has 0 saturated carbocycles. The molecule has 0 saturated heterocycles. The number of H-pyrrole nitrogens is 1. The lowest BCUT2D eigenvalue weighted by Gasteiger charge is -2.08. The van der Waals surface area contributed by atoms with Crippen LogP contribution in [0.3, 0.4) is 0 Å². The molecule has 0 aliphatic carbocycles. The second-order valence-electron chi connectivity index (χ2n) is 3.37. The van der Waals surface area contributed by atoms with Crippen LogP contribution in [0.2, 0.25) is 0 Å². The minimum Gasteiger partial charge on any atom is -0.326 e. The molecule has 0 bridgehead atoms. The minimum absolute atomic E-state index is 0.0123. The van der Waals surface area contributed by atoms with E-state index in [0.29, 0.717) is 11.4 Å². The molecule has 17 heavy (non-hydrogen) atoms. The molecule has 0 radical (unpaired) electrons. The van der Waals surface area contributed by atoms with Crippen molar-refractivity contribution >= 4 is 15.8 Å². The maximum atomic E-state index is 11.9. The Hall–Kier alpha value is -1.87. The van der Waals surface area contributed by atoms with Crippen LogP contribution in [0.5, 0.6) is 0 Å². The van der Waals surface area contributed by atoms with Gasteiger partial charge in [0.15, 0.2) is 5.03 Å². The van der Waals surface area contributed by atoms with Crippen molar-refractivity contribution in [2.24, 2.45) is 12.8 Å². The molecule has 2 aromatic heterocycles. The van der Waals surface area contributed by atoms with Crippen molar-refractivity contribution in [3.63, 3.8) is 0 Å². The van der Waals surface area contributed by atoms with E-state index in [0.717, 1.165) is 0 Å². The van der Waals surface area contributed by atoms with Crippen LogP contribution in [0.1, 0.15) is 5.56 Å². The maximum absolute atomic E-state index is 11.9. The second kappa shape index (κ2) is 4.18. The van der Waals surface area contributed by atoms with Gasteiger partial charge in [0.1, 0.15) is 5.82 Å². The smallest absolute Gasteiger partial charge is 0.279 e. The zero-order valence-corrected chi connectivity index (χ0v) is 9.90. The molecule has 92 valence electrons. The number of nitrogens with zero attached hydrogens (tertiary/aromatic N) is 3. The highest BCUT2D eigenvalue weighted by molar-refractivity contribution is 7.92. The van der Waals surface area contributed by atoms with Crippen molar-refractivity contribution in [2.45, 2.75) is 11.6 Å². The first-order valence-corrected chi connectivity index (χ1v) is 6.26. The van der Waals surface area contributed by atoms with E-state index in [2.05, 4.69) is 20.0 Å². The Morgan fingerprint density at radius 3 is 2.94 bits per heavy atom. The zero-order valence-electron chi connectivity index (χ0n) is 9.08. The SMILES string of the molecule is Cn1ncc(CN)c1NS(=O)(=O)c1ccn[nH]1. The number of nitrogens with one attached hydrogen (secondary N) is 2. The van der Waals surface area contributed by atoms with Crippen molar-refractivity contribution in [2.75, 3.05) is 4.72 Å². The van der Waals surface area contributed by atoms with Crippen LogP contribution >= 0.6 is 0 Å². The monoisotopic (exact) mass is 256 g/mol. The highest BCUT2D eigenvalue weighted by Crippen LogP contribution is 2.17. The predicted octanol–water partition coefficient (Wildman–Crippen LogP) is -0.597. The third kappa shape index (κ3) is 2.15. The number of rotatable bonds is 4. The molecule has 0 aliphatic rings. The first-order chi connectivity index (χ1) is 8.04. The predicted molar refractivity (Wildman–Crippen MR) is 60.5 cm³/mol. The minimum atomic E-state index is -3.68. The Kier molecular flexibility index (Phi) is 2.86. The van der Waals surface area contributed by atoms with Gasteiger partial charge in [-0.3, -0.25) is 14.5 Å². The third-order valence-corrected chi connectivity index (χ3v) is 3.50. The molecule has 0 spiro atoms. The average Bonchev–Trinajstić information content (AvgIpc) is 2.90. The molecule has 2 rings (SSSR count). The van der Waals surface area contributed by atoms with E-state index < -0.39 is 10.0 Å². The van der Waals surface area contributed by atoms with Crippen LogP contribution in [0.25, 0.3) is 0 Å². The van der Waals surface area contributed by atoms with Crippen molar-refractivity contribution in [3.8, 4) is 0 Å². The van der Waals surface area contributed by atoms with Gasteiger partial charge in [-0.05, 0) is 6.07 Å². The van der Waals surface area contributed by atoms with Crippen LogP contribution in [0, 0.1) is 0 Å². The molecule has 4 N–H and O–H groups in total. The Labute approximate surface area is 97.9 Å². The van der Waals surface area contributed by atoms with Crippen LogP contribution < -0.4 is 10.5 Å². The van der Waals surface area contributed by atoms with Gasteiger partial charge in [0, 0.05) is 19.2 Å². The molecule has 2 aromatic rings. The third-order valence-electron chi connectivity index (χ3n) is 2.23. The molecule has 0 aromatic carbocycles. The highest BCUT2D eigenvalue weighted by atomic mass is 32.2. The van der Waals surface area contributed by atoms with Gasteiger partial charge in [0.2, 0.25) is 0 Å². The van der Waals surface area contributed by atoms with Gasteiger partial charge < -0.3 is 5.73 Å². The summed E-state index contributed by atoms with van der Waals surface area (Å²) in [5.74, 6) is 0.349. The lowest BCUT2D eigenvalue weighted by atomic mass is 10.3. The van der Waals surface area contributed by atoms with Gasteiger partial charge in [0.25, 0.3) is 10.0 Å². The van der Waals surface area contributed by atoms with Gasteiger partial charge in [0.05, 0.1) is 12.4 Å². The van der Waals surface area contributed by atoms with E-state index in [4.69, 9.17) is 5.73 Å². The number of hydrogen-bond donors (Lipinski definition) is 3. The first-order valence-electron chi connectivity index (χ1n) is 4.77. The summed E-state index contributed by atoms with van der Waals surface area (Å²) >= 11 is 0. The summed E-state index contributed by atoms with van der Waals surface area (Å²) in [6.07, 6.45) is 2.88. The summed E-state index contributed by atoms with van der Waals surface area (Å²) in [6.45, 7) is 0.203. The molecule has 0 atom stereocenters. The summed E-state index contributed by atoms with van der Waals surface area (Å²) in [4.78, 5) is 0. The van der Waals surface area contributed by atoms with E-state index in [1.807, 2.05) is 0 Å². The van der Waals surface area contributed by atoms with Crippen LogP contribution in [-0.2, 0) is 23.6 Å². The summed E-state index contributed by atoms with van der Waals surface area (Å²) in [7, 11) is -2.05. The summed E-state index contributed by atoms with van der Waals surface area (Å²) in [5, 5.41) is 9.90. The molecule has 0 unspecified atom stereocenters. The van der Waals surface area contributed by atoms with Gasteiger partial charge in [-0.25, -0.2) is 0 Å². The molecule has 9 heteroatoms. The fourth-order valence-electron chi connectivity index (χ4n) is 1.34. The highest BCUT2D eigenvalue weighted by Gasteiger charge is 2.19. The Morgan fingerprint density at radius 2 is 2.35 bits per heavy atom. The number of aryl methyl sites for hydroxylation is 1. The Bertz CT molecular complexity index is 600. The standard InChI is InChI=1S/C8H12N6O2S/c1-14-8(6(4-9)5-11-14)13-17(15,16)7-2-3-10-12-7/h2-3,5,13H,4,9H2,1H3,(H,10,12). The number of anilines is 1. The first kappa shape index (κ1) is 11.6. The molecule has 0 amide bonds. The molecular formula is C8H12N6O2S. The number of hydrogen-bond acceptors (Lipinski definition) is 5. The molecule has 0 fully saturated rings. The van der Waals surface area contributed by atoms with Crippen molar-refractivity contribution in [1.82, 2.24) is 20.0 Å². The quantitative estimate of drug-likeness (QED) is 0.675. The fourth-order valence-corrected chi connectivity index (χ4v) is 2.38. The van der Waals surface area contributed by atoms with E-state index in [9.17, 15) is 8.42 Å². The maximum Gasteiger partial charge on any atom is 0.279 e. The topological polar surface area (TPSA) is 119 Å². The van der Waals surface area contributed by atoms with Gasteiger partial charge in [-0.2, -0.15) is 18.6 Å². The number of nitrogens with two attached hydrogens (primary N) is 1. The number of aromatic amines is 1. The van der Waals surface area contributed by atoms with E-state index >= 15 is 0 Å². The van der Waals surface area contributed by atoms with E-state index in [1.54, 1.807) is 7.05 Å². The van der Waals surface area contributed by atoms with Crippen molar-refractivity contribution in [1.29, 1.82) is 0 Å². The molecular weight excluding hydrogens is 244 g/mol. The fraction of sp³-hybridized carbons (Fsp3) is 0.250. The Morgan fingerprint density at radius 1 is 1.59 bits per heavy atom. The number of sulfonamides is 1.